The van der Waals surface area contributed by atoms with Crippen LogP contribution in [0.4, 0.5) is 0 Å². The van der Waals surface area contributed by atoms with E-state index in [1.54, 1.807) is 4.31 Å². The fourth-order valence-electron chi connectivity index (χ4n) is 3.17. The maximum absolute atomic E-state index is 12.3. The van der Waals surface area contributed by atoms with E-state index in [2.05, 4.69) is 0 Å². The van der Waals surface area contributed by atoms with Crippen molar-refractivity contribution in [3.8, 4) is 0 Å². The lowest BCUT2D eigenvalue weighted by atomic mass is 9.98. The Kier molecular flexibility index (Phi) is 5.44. The van der Waals surface area contributed by atoms with Crippen molar-refractivity contribution in [1.82, 2.24) is 8.61 Å². The third-order valence-corrected chi connectivity index (χ3v) is 6.36. The number of rotatable bonds is 4. The van der Waals surface area contributed by atoms with Crippen LogP contribution in [0.3, 0.4) is 0 Å². The molecule has 2 rings (SSSR count). The Bertz CT molecular complexity index is 372. The Morgan fingerprint density at radius 2 is 1.83 bits per heavy atom. The topological polar surface area (TPSA) is 66.6 Å². The summed E-state index contributed by atoms with van der Waals surface area (Å²) in [6, 6.07) is 0.192. The van der Waals surface area contributed by atoms with Crippen LogP contribution < -0.4 is 5.73 Å². The molecular formula is C11H24ClN3O2S. The first-order valence-electron chi connectivity index (χ1n) is 6.51. The smallest absolute Gasteiger partial charge is 0.281 e. The van der Waals surface area contributed by atoms with Gasteiger partial charge in [0.15, 0.2) is 0 Å². The SMILES string of the molecule is CCN(CC)S(=O)(=O)N1CC2CCC(N)C2C1.Cl. The second-order valence-electron chi connectivity index (χ2n) is 5.07. The molecule has 2 fully saturated rings. The first-order chi connectivity index (χ1) is 8.00. The number of fused-ring (bicyclic) bond motifs is 1. The van der Waals surface area contributed by atoms with E-state index in [9.17, 15) is 8.42 Å². The van der Waals surface area contributed by atoms with E-state index < -0.39 is 10.2 Å². The largest absolute Gasteiger partial charge is 0.327 e. The summed E-state index contributed by atoms with van der Waals surface area (Å²) >= 11 is 0. The summed E-state index contributed by atoms with van der Waals surface area (Å²) in [5.74, 6) is 0.857. The highest BCUT2D eigenvalue weighted by Gasteiger charge is 2.45. The molecule has 0 aromatic rings. The first-order valence-corrected chi connectivity index (χ1v) is 7.91. The van der Waals surface area contributed by atoms with E-state index in [4.69, 9.17) is 5.73 Å². The van der Waals surface area contributed by atoms with Gasteiger partial charge in [-0.1, -0.05) is 13.8 Å². The third kappa shape index (κ3) is 2.67. The monoisotopic (exact) mass is 297 g/mol. The number of hydrogen-bond donors (Lipinski definition) is 1. The zero-order valence-corrected chi connectivity index (χ0v) is 12.7. The van der Waals surface area contributed by atoms with Crippen LogP contribution in [0.5, 0.6) is 0 Å². The second kappa shape index (κ2) is 6.05. The lowest BCUT2D eigenvalue weighted by molar-refractivity contribution is 0.363. The van der Waals surface area contributed by atoms with Crippen molar-refractivity contribution in [2.24, 2.45) is 17.6 Å². The molecule has 0 aromatic heterocycles. The Balaban J connectivity index is 0.00000162. The van der Waals surface area contributed by atoms with Crippen LogP contribution in [0.15, 0.2) is 0 Å². The van der Waals surface area contributed by atoms with Crippen LogP contribution in [-0.2, 0) is 10.2 Å². The molecule has 3 atom stereocenters. The van der Waals surface area contributed by atoms with Crippen molar-refractivity contribution in [3.05, 3.63) is 0 Å². The first kappa shape index (κ1) is 16.2. The van der Waals surface area contributed by atoms with Gasteiger partial charge in [0.1, 0.15) is 0 Å². The van der Waals surface area contributed by atoms with E-state index in [0.717, 1.165) is 12.8 Å². The van der Waals surface area contributed by atoms with Gasteiger partial charge < -0.3 is 5.73 Å². The minimum Gasteiger partial charge on any atom is -0.327 e. The lowest BCUT2D eigenvalue weighted by Crippen LogP contribution is -2.43. The lowest BCUT2D eigenvalue weighted by Gasteiger charge is -2.26. The van der Waals surface area contributed by atoms with Gasteiger partial charge in [-0.25, -0.2) is 0 Å². The standard InChI is InChI=1S/C11H23N3O2S.ClH/c1-3-13(4-2)17(15,16)14-7-9-5-6-11(12)10(9)8-14;/h9-11H,3-8,12H2,1-2H3;1H. The van der Waals surface area contributed by atoms with Crippen molar-refractivity contribution < 1.29 is 8.42 Å². The maximum Gasteiger partial charge on any atom is 0.281 e. The molecule has 1 aliphatic heterocycles. The molecule has 0 amide bonds. The predicted octanol–water partition coefficient (Wildman–Crippen LogP) is 0.664. The normalized spacial score (nSPS) is 32.6. The Morgan fingerprint density at radius 3 is 2.33 bits per heavy atom. The predicted molar refractivity (Wildman–Crippen MR) is 74.9 cm³/mol. The molecule has 18 heavy (non-hydrogen) atoms. The highest BCUT2D eigenvalue weighted by atomic mass is 35.5. The molecule has 0 bridgehead atoms. The molecule has 7 heteroatoms. The molecule has 0 aromatic carbocycles. The van der Waals surface area contributed by atoms with Crippen LogP contribution in [0.1, 0.15) is 26.7 Å². The molecule has 3 unspecified atom stereocenters. The van der Waals surface area contributed by atoms with Crippen molar-refractivity contribution in [2.75, 3.05) is 26.2 Å². The van der Waals surface area contributed by atoms with Crippen LogP contribution in [0.25, 0.3) is 0 Å². The zero-order chi connectivity index (χ0) is 12.6. The van der Waals surface area contributed by atoms with Gasteiger partial charge in [0.2, 0.25) is 0 Å². The molecule has 2 N–H and O–H groups in total. The molecule has 1 saturated heterocycles. The number of nitrogens with two attached hydrogens (primary N) is 1. The summed E-state index contributed by atoms with van der Waals surface area (Å²) in [6.45, 7) is 6.11. The Hall–Kier alpha value is 0.120. The number of nitrogens with zero attached hydrogens (tertiary/aromatic N) is 2. The highest BCUT2D eigenvalue weighted by Crippen LogP contribution is 2.38. The Labute approximate surface area is 116 Å². The Morgan fingerprint density at radius 1 is 1.22 bits per heavy atom. The van der Waals surface area contributed by atoms with Crippen molar-refractivity contribution in [2.45, 2.75) is 32.7 Å². The van der Waals surface area contributed by atoms with E-state index in [0.29, 0.717) is 38.0 Å². The van der Waals surface area contributed by atoms with Gasteiger partial charge in [-0.15, -0.1) is 12.4 Å². The fourth-order valence-corrected chi connectivity index (χ4v) is 4.89. The van der Waals surface area contributed by atoms with Crippen molar-refractivity contribution in [3.63, 3.8) is 0 Å². The van der Waals surface area contributed by atoms with Crippen LogP contribution in [-0.4, -0.2) is 49.2 Å². The molecule has 108 valence electrons. The summed E-state index contributed by atoms with van der Waals surface area (Å²) in [5.41, 5.74) is 6.03. The zero-order valence-electron chi connectivity index (χ0n) is 11.1. The maximum atomic E-state index is 12.3. The van der Waals surface area contributed by atoms with E-state index >= 15 is 0 Å². The van der Waals surface area contributed by atoms with Crippen LogP contribution >= 0.6 is 12.4 Å². The average Bonchev–Trinajstić information content (AvgIpc) is 2.83. The van der Waals surface area contributed by atoms with E-state index in [1.807, 2.05) is 13.8 Å². The van der Waals surface area contributed by atoms with Gasteiger partial charge in [0.25, 0.3) is 10.2 Å². The van der Waals surface area contributed by atoms with Crippen LogP contribution in [0.2, 0.25) is 0 Å². The number of hydrogen-bond acceptors (Lipinski definition) is 3. The summed E-state index contributed by atoms with van der Waals surface area (Å²) < 4.78 is 27.8. The summed E-state index contributed by atoms with van der Waals surface area (Å²) in [4.78, 5) is 0. The third-order valence-electron chi connectivity index (χ3n) is 4.24. The van der Waals surface area contributed by atoms with Crippen molar-refractivity contribution >= 4 is 22.6 Å². The summed E-state index contributed by atoms with van der Waals surface area (Å²) in [5, 5.41) is 0. The van der Waals surface area contributed by atoms with Gasteiger partial charge in [-0.05, 0) is 24.7 Å². The summed E-state index contributed by atoms with van der Waals surface area (Å²) in [6.07, 6.45) is 2.13. The molecule has 2 aliphatic rings. The molecule has 0 radical (unpaired) electrons. The second-order valence-corrected chi connectivity index (χ2v) is 7.00. The minimum atomic E-state index is -3.26. The fraction of sp³-hybridized carbons (Fsp3) is 1.00. The number of halogens is 1. The highest BCUT2D eigenvalue weighted by molar-refractivity contribution is 7.86. The minimum absolute atomic E-state index is 0. The quantitative estimate of drug-likeness (QED) is 0.829. The summed E-state index contributed by atoms with van der Waals surface area (Å²) in [7, 11) is -3.26. The van der Waals surface area contributed by atoms with Gasteiger partial charge in [-0.2, -0.15) is 17.0 Å². The van der Waals surface area contributed by atoms with E-state index in [1.165, 1.54) is 4.31 Å². The average molecular weight is 298 g/mol. The van der Waals surface area contributed by atoms with Gasteiger partial charge in [0, 0.05) is 32.2 Å². The van der Waals surface area contributed by atoms with E-state index in [-0.39, 0.29) is 18.4 Å². The van der Waals surface area contributed by atoms with Gasteiger partial charge in [-0.3, -0.25) is 0 Å². The van der Waals surface area contributed by atoms with Crippen molar-refractivity contribution in [1.29, 1.82) is 0 Å². The van der Waals surface area contributed by atoms with Gasteiger partial charge in [0.05, 0.1) is 0 Å². The van der Waals surface area contributed by atoms with Gasteiger partial charge >= 0.3 is 0 Å². The molecule has 1 saturated carbocycles. The molecule has 1 aliphatic carbocycles. The molecule has 0 spiro atoms. The molecular weight excluding hydrogens is 274 g/mol. The molecule has 5 nitrogen and oxygen atoms in total. The van der Waals surface area contributed by atoms with Crippen LogP contribution in [0, 0.1) is 11.8 Å². The molecule has 1 heterocycles.